The van der Waals surface area contributed by atoms with Crippen LogP contribution in [0.3, 0.4) is 0 Å². The van der Waals surface area contributed by atoms with Gasteiger partial charge in [0.2, 0.25) is 0 Å². The highest BCUT2D eigenvalue weighted by Gasteiger charge is 2.16. The summed E-state index contributed by atoms with van der Waals surface area (Å²) in [5.41, 5.74) is 4.35. The Hall–Kier alpha value is -2.52. The third-order valence-electron chi connectivity index (χ3n) is 5.07. The number of para-hydroxylation sites is 2. The molecule has 0 saturated heterocycles. The molecule has 0 bridgehead atoms. The molecule has 29 heavy (non-hydrogen) atoms. The van der Waals surface area contributed by atoms with Gasteiger partial charge in [-0.1, -0.05) is 60.7 Å². The largest absolute Gasteiger partial charge is 0.390 e. The van der Waals surface area contributed by atoms with Crippen molar-refractivity contribution in [1.82, 2.24) is 0 Å². The van der Waals surface area contributed by atoms with Gasteiger partial charge in [-0.05, 0) is 55.9 Å². The summed E-state index contributed by atoms with van der Waals surface area (Å²) in [4.78, 5) is 4.27. The van der Waals surface area contributed by atoms with Crippen molar-refractivity contribution in [2.45, 2.75) is 38.2 Å². The average Bonchev–Trinajstić information content (AvgIpc) is 2.69. The maximum Gasteiger partial charge on any atom is 0.0688 e. The van der Waals surface area contributed by atoms with E-state index in [1.807, 2.05) is 6.92 Å². The van der Waals surface area contributed by atoms with Crippen LogP contribution in [0.15, 0.2) is 72.8 Å². The van der Waals surface area contributed by atoms with Crippen LogP contribution in [0.4, 0.5) is 11.4 Å². The zero-order chi connectivity index (χ0) is 21.3. The molecule has 2 aromatic carbocycles. The third-order valence-corrected chi connectivity index (χ3v) is 5.07. The molecule has 0 aliphatic heterocycles. The molecule has 0 saturated carbocycles. The van der Waals surface area contributed by atoms with E-state index >= 15 is 0 Å². The molecule has 156 valence electrons. The van der Waals surface area contributed by atoms with Crippen molar-refractivity contribution in [1.29, 1.82) is 0 Å². The fourth-order valence-electron chi connectivity index (χ4n) is 3.42. The van der Waals surface area contributed by atoms with E-state index in [1.165, 1.54) is 22.5 Å². The molecule has 3 heteroatoms. The zero-order valence-corrected chi connectivity index (χ0v) is 18.6. The summed E-state index contributed by atoms with van der Waals surface area (Å²) in [6.45, 7) is 1.91. The van der Waals surface area contributed by atoms with E-state index < -0.39 is 5.60 Å². The number of hydrogen-bond acceptors (Lipinski definition) is 3. The molecule has 0 heterocycles. The molecule has 0 aliphatic rings. The molecule has 2 aromatic rings. The normalized spacial score (nSPS) is 12.1. The van der Waals surface area contributed by atoms with E-state index in [4.69, 9.17) is 0 Å². The number of rotatable bonds is 10. The van der Waals surface area contributed by atoms with Crippen molar-refractivity contribution in [3.63, 3.8) is 0 Å². The van der Waals surface area contributed by atoms with Gasteiger partial charge in [-0.2, -0.15) is 0 Å². The van der Waals surface area contributed by atoms with E-state index in [-0.39, 0.29) is 0 Å². The van der Waals surface area contributed by atoms with Gasteiger partial charge in [0.15, 0.2) is 0 Å². The molecule has 3 nitrogen and oxygen atoms in total. The van der Waals surface area contributed by atoms with E-state index in [0.717, 1.165) is 12.8 Å². The predicted octanol–water partition coefficient (Wildman–Crippen LogP) is 5.25. The summed E-state index contributed by atoms with van der Waals surface area (Å²) in [6.07, 6.45) is 11.6. The second kappa shape index (κ2) is 10.9. The highest BCUT2D eigenvalue weighted by molar-refractivity contribution is 5.53. The minimum absolute atomic E-state index is 0.649. The van der Waals surface area contributed by atoms with Gasteiger partial charge >= 0.3 is 0 Å². The van der Waals surface area contributed by atoms with Crippen molar-refractivity contribution in [2.24, 2.45) is 0 Å². The number of hydrogen-bond donors (Lipinski definition) is 1. The first-order valence-electron chi connectivity index (χ1n) is 10.3. The Morgan fingerprint density at radius 1 is 0.690 bits per heavy atom. The molecule has 0 aliphatic carbocycles. The summed E-state index contributed by atoms with van der Waals surface area (Å²) >= 11 is 0. The summed E-state index contributed by atoms with van der Waals surface area (Å²) in [5, 5.41) is 10.7. The highest BCUT2D eigenvalue weighted by atomic mass is 16.3. The van der Waals surface area contributed by atoms with Gasteiger partial charge in [-0.3, -0.25) is 0 Å². The van der Waals surface area contributed by atoms with Gasteiger partial charge in [0.25, 0.3) is 0 Å². The maximum atomic E-state index is 10.7. The number of allylic oxidation sites excluding steroid dienone is 2. The number of nitrogens with zero attached hydrogens (tertiary/aromatic N) is 2. The van der Waals surface area contributed by atoms with Crippen LogP contribution in [-0.2, 0) is 12.8 Å². The predicted molar refractivity (Wildman–Crippen MR) is 127 cm³/mol. The molecular weight excluding hydrogens is 356 g/mol. The smallest absolute Gasteiger partial charge is 0.0688 e. The zero-order valence-electron chi connectivity index (χ0n) is 18.6. The first-order valence-corrected chi connectivity index (χ1v) is 10.3. The van der Waals surface area contributed by atoms with E-state index in [0.29, 0.717) is 12.8 Å². The third kappa shape index (κ3) is 7.43. The van der Waals surface area contributed by atoms with Crippen LogP contribution in [0.2, 0.25) is 0 Å². The SMILES string of the molecule is CN(C)c1ccccc1C/C=C\CC(C)(O)C/C=C\Cc1ccccc1N(C)C. The van der Waals surface area contributed by atoms with Crippen LogP contribution >= 0.6 is 0 Å². The Labute approximate surface area is 177 Å². The molecule has 0 aromatic heterocycles. The topological polar surface area (TPSA) is 26.7 Å². The molecule has 0 unspecified atom stereocenters. The summed E-state index contributed by atoms with van der Waals surface area (Å²) in [5.74, 6) is 0. The Kier molecular flexibility index (Phi) is 8.53. The number of anilines is 2. The monoisotopic (exact) mass is 392 g/mol. The second-order valence-electron chi connectivity index (χ2n) is 8.30. The molecule has 0 spiro atoms. The van der Waals surface area contributed by atoms with E-state index in [1.54, 1.807) is 0 Å². The molecule has 0 fully saturated rings. The quantitative estimate of drug-likeness (QED) is 0.560. The lowest BCUT2D eigenvalue weighted by molar-refractivity contribution is 0.0664. The van der Waals surface area contributed by atoms with Gasteiger partial charge in [0.1, 0.15) is 0 Å². The lowest BCUT2D eigenvalue weighted by Gasteiger charge is -2.20. The first-order chi connectivity index (χ1) is 13.8. The van der Waals surface area contributed by atoms with E-state index in [2.05, 4.69) is 111 Å². The first kappa shape index (κ1) is 22.8. The summed E-state index contributed by atoms with van der Waals surface area (Å²) in [7, 11) is 8.26. The van der Waals surface area contributed by atoms with Crippen molar-refractivity contribution >= 4 is 11.4 Å². The van der Waals surface area contributed by atoms with Crippen LogP contribution in [0, 0.1) is 0 Å². The van der Waals surface area contributed by atoms with Gasteiger partial charge in [-0.25, -0.2) is 0 Å². The van der Waals surface area contributed by atoms with Gasteiger partial charge < -0.3 is 14.9 Å². The minimum Gasteiger partial charge on any atom is -0.390 e. The van der Waals surface area contributed by atoms with Gasteiger partial charge in [0.05, 0.1) is 5.60 Å². The van der Waals surface area contributed by atoms with Crippen LogP contribution in [0.1, 0.15) is 30.9 Å². The molecule has 0 radical (unpaired) electrons. The van der Waals surface area contributed by atoms with Gasteiger partial charge in [0, 0.05) is 39.6 Å². The standard InChI is InChI=1S/C26H36N2O/c1-26(29,20-12-10-16-22-14-6-8-18-24(22)27(2)3)21-13-11-17-23-15-7-9-19-25(23)28(4)5/h6-15,18-19,29H,16-17,20-21H2,1-5H3/b12-10-,13-11-. The molecule has 0 atom stereocenters. The Morgan fingerprint density at radius 3 is 1.45 bits per heavy atom. The molecule has 1 N–H and O–H groups in total. The number of benzene rings is 2. The number of aliphatic hydroxyl groups is 1. The van der Waals surface area contributed by atoms with Crippen molar-refractivity contribution in [3.8, 4) is 0 Å². The van der Waals surface area contributed by atoms with Crippen LogP contribution in [0.25, 0.3) is 0 Å². The second-order valence-corrected chi connectivity index (χ2v) is 8.30. The lowest BCUT2D eigenvalue weighted by atomic mass is 9.96. The molecular formula is C26H36N2O. The Bertz CT molecular complexity index is 751. The van der Waals surface area contributed by atoms with Crippen molar-refractivity contribution in [3.05, 3.63) is 84.0 Å². The van der Waals surface area contributed by atoms with Crippen LogP contribution < -0.4 is 9.80 Å². The van der Waals surface area contributed by atoms with E-state index in [9.17, 15) is 5.11 Å². The summed E-state index contributed by atoms with van der Waals surface area (Å²) in [6, 6.07) is 16.9. The summed E-state index contributed by atoms with van der Waals surface area (Å²) < 4.78 is 0. The maximum absolute atomic E-state index is 10.7. The fourth-order valence-corrected chi connectivity index (χ4v) is 3.42. The molecule has 0 amide bonds. The molecule has 2 rings (SSSR count). The van der Waals surface area contributed by atoms with Crippen molar-refractivity contribution < 1.29 is 5.11 Å². The Morgan fingerprint density at radius 2 is 1.07 bits per heavy atom. The highest BCUT2D eigenvalue weighted by Crippen LogP contribution is 2.21. The lowest BCUT2D eigenvalue weighted by Crippen LogP contribution is -2.21. The van der Waals surface area contributed by atoms with Crippen LogP contribution in [0.5, 0.6) is 0 Å². The minimum atomic E-state index is -0.727. The van der Waals surface area contributed by atoms with Crippen LogP contribution in [-0.4, -0.2) is 38.9 Å². The van der Waals surface area contributed by atoms with Gasteiger partial charge in [-0.15, -0.1) is 0 Å². The Balaban J connectivity index is 1.84. The fraction of sp³-hybridized carbons (Fsp3) is 0.385. The average molecular weight is 393 g/mol. The van der Waals surface area contributed by atoms with Crippen molar-refractivity contribution in [2.75, 3.05) is 38.0 Å².